The number of carbonyl (C=O) groups is 1. The molecule has 0 fully saturated rings. The van der Waals surface area contributed by atoms with Crippen LogP contribution in [-0.4, -0.2) is 13.1 Å². The van der Waals surface area contributed by atoms with Crippen LogP contribution in [0, 0.1) is 11.8 Å². The van der Waals surface area contributed by atoms with Gasteiger partial charge in [-0.3, -0.25) is 0 Å². The van der Waals surface area contributed by atoms with E-state index in [0.717, 1.165) is 5.57 Å². The van der Waals surface area contributed by atoms with E-state index in [2.05, 4.69) is 4.74 Å². The van der Waals surface area contributed by atoms with Gasteiger partial charge in [-0.1, -0.05) is 33.8 Å². The Morgan fingerprint density at radius 3 is 2.00 bits per heavy atom. The van der Waals surface area contributed by atoms with E-state index in [1.165, 1.54) is 7.11 Å². The second-order valence-electron chi connectivity index (χ2n) is 3.51. The Balaban J connectivity index is 4.55. The van der Waals surface area contributed by atoms with E-state index in [0.29, 0.717) is 5.92 Å². The standard InChI is InChI=1S/C10H18O2/c1-7(2)6-9(8(3)4)10(11)12-5/h6-8H,1-5H3. The Morgan fingerprint density at radius 2 is 1.75 bits per heavy atom. The maximum Gasteiger partial charge on any atom is 0.333 e. The molecule has 0 aliphatic heterocycles. The molecule has 0 N–H and O–H groups in total. The van der Waals surface area contributed by atoms with Crippen molar-refractivity contribution in [3.05, 3.63) is 11.6 Å². The number of esters is 1. The first-order valence-corrected chi connectivity index (χ1v) is 4.29. The minimum Gasteiger partial charge on any atom is -0.466 e. The highest BCUT2D eigenvalue weighted by Crippen LogP contribution is 2.13. The molecule has 2 heteroatoms. The van der Waals surface area contributed by atoms with Gasteiger partial charge in [-0.15, -0.1) is 0 Å². The number of ether oxygens (including phenoxy) is 1. The molecule has 0 saturated heterocycles. The van der Waals surface area contributed by atoms with Gasteiger partial charge in [-0.25, -0.2) is 4.79 Å². The largest absolute Gasteiger partial charge is 0.466 e. The molecule has 70 valence electrons. The van der Waals surface area contributed by atoms with E-state index in [-0.39, 0.29) is 11.9 Å². The van der Waals surface area contributed by atoms with Gasteiger partial charge in [0.05, 0.1) is 7.11 Å². The van der Waals surface area contributed by atoms with E-state index in [9.17, 15) is 4.79 Å². The zero-order valence-corrected chi connectivity index (χ0v) is 8.55. The summed E-state index contributed by atoms with van der Waals surface area (Å²) in [4.78, 5) is 11.2. The molecule has 0 unspecified atom stereocenters. The van der Waals surface area contributed by atoms with Crippen molar-refractivity contribution in [2.45, 2.75) is 27.7 Å². The van der Waals surface area contributed by atoms with Crippen LogP contribution in [0.25, 0.3) is 0 Å². The third-order valence-electron chi connectivity index (χ3n) is 1.56. The predicted molar refractivity (Wildman–Crippen MR) is 49.8 cm³/mol. The number of allylic oxidation sites excluding steroid dienone is 1. The van der Waals surface area contributed by atoms with Crippen molar-refractivity contribution in [3.63, 3.8) is 0 Å². The zero-order valence-electron chi connectivity index (χ0n) is 8.55. The Hall–Kier alpha value is -0.790. The average molecular weight is 170 g/mol. The second kappa shape index (κ2) is 4.96. The SMILES string of the molecule is COC(=O)C(=CC(C)C)C(C)C. The molecule has 0 aromatic heterocycles. The van der Waals surface area contributed by atoms with Crippen LogP contribution in [0.3, 0.4) is 0 Å². The minimum atomic E-state index is -0.210. The molecule has 0 atom stereocenters. The van der Waals surface area contributed by atoms with Gasteiger partial charge in [0.1, 0.15) is 0 Å². The molecule has 0 radical (unpaired) electrons. The van der Waals surface area contributed by atoms with Crippen LogP contribution < -0.4 is 0 Å². The number of methoxy groups -OCH3 is 1. The summed E-state index contributed by atoms with van der Waals surface area (Å²) in [6.45, 7) is 8.08. The van der Waals surface area contributed by atoms with Gasteiger partial charge in [0.25, 0.3) is 0 Å². The number of hydrogen-bond donors (Lipinski definition) is 0. The highest BCUT2D eigenvalue weighted by atomic mass is 16.5. The summed E-state index contributed by atoms with van der Waals surface area (Å²) < 4.78 is 4.67. The first-order valence-electron chi connectivity index (χ1n) is 4.29. The van der Waals surface area contributed by atoms with E-state index < -0.39 is 0 Å². The first kappa shape index (κ1) is 11.2. The quantitative estimate of drug-likeness (QED) is 0.480. The Bertz CT molecular complexity index is 178. The van der Waals surface area contributed by atoms with Crippen LogP contribution in [0.1, 0.15) is 27.7 Å². The lowest BCUT2D eigenvalue weighted by molar-refractivity contribution is -0.136. The lowest BCUT2D eigenvalue weighted by Gasteiger charge is -2.09. The maximum absolute atomic E-state index is 11.2. The molecule has 2 nitrogen and oxygen atoms in total. The van der Waals surface area contributed by atoms with Crippen LogP contribution >= 0.6 is 0 Å². The van der Waals surface area contributed by atoms with E-state index in [4.69, 9.17) is 0 Å². The average Bonchev–Trinajstić information content (AvgIpc) is 1.98. The topological polar surface area (TPSA) is 26.3 Å². The van der Waals surface area contributed by atoms with Crippen molar-refractivity contribution < 1.29 is 9.53 Å². The molecule has 12 heavy (non-hydrogen) atoms. The van der Waals surface area contributed by atoms with Crippen LogP contribution in [0.4, 0.5) is 0 Å². The molecule has 0 saturated carbocycles. The van der Waals surface area contributed by atoms with E-state index >= 15 is 0 Å². The van der Waals surface area contributed by atoms with Crippen molar-refractivity contribution in [3.8, 4) is 0 Å². The molecule has 0 aromatic rings. The first-order chi connectivity index (χ1) is 5.49. The van der Waals surface area contributed by atoms with E-state index in [1.807, 2.05) is 33.8 Å². The highest BCUT2D eigenvalue weighted by molar-refractivity contribution is 5.88. The lowest BCUT2D eigenvalue weighted by Crippen LogP contribution is -2.11. The monoisotopic (exact) mass is 170 g/mol. The predicted octanol–water partition coefficient (Wildman–Crippen LogP) is 2.40. The van der Waals surface area contributed by atoms with Crippen molar-refractivity contribution in [1.29, 1.82) is 0 Å². The van der Waals surface area contributed by atoms with Crippen LogP contribution in [0.2, 0.25) is 0 Å². The summed E-state index contributed by atoms with van der Waals surface area (Å²) >= 11 is 0. The third kappa shape index (κ3) is 3.56. The van der Waals surface area contributed by atoms with Gasteiger partial charge in [-0.05, 0) is 11.8 Å². The molecule has 0 aliphatic rings. The fourth-order valence-electron chi connectivity index (χ4n) is 0.973. The Morgan fingerprint density at radius 1 is 1.25 bits per heavy atom. The van der Waals surface area contributed by atoms with Crippen molar-refractivity contribution in [2.24, 2.45) is 11.8 Å². The number of rotatable bonds is 3. The van der Waals surface area contributed by atoms with Crippen molar-refractivity contribution in [1.82, 2.24) is 0 Å². The summed E-state index contributed by atoms with van der Waals surface area (Å²) in [7, 11) is 1.42. The zero-order chi connectivity index (χ0) is 9.72. The van der Waals surface area contributed by atoms with Gasteiger partial charge in [-0.2, -0.15) is 0 Å². The smallest absolute Gasteiger partial charge is 0.333 e. The van der Waals surface area contributed by atoms with Gasteiger partial charge < -0.3 is 4.74 Å². The molecule has 0 bridgehead atoms. The number of carbonyl (C=O) groups excluding carboxylic acids is 1. The van der Waals surface area contributed by atoms with Gasteiger partial charge in [0.15, 0.2) is 0 Å². The molecule has 0 aromatic carbocycles. The van der Waals surface area contributed by atoms with Gasteiger partial charge >= 0.3 is 5.97 Å². The summed E-state index contributed by atoms with van der Waals surface area (Å²) in [6, 6.07) is 0. The summed E-state index contributed by atoms with van der Waals surface area (Å²) in [6.07, 6.45) is 1.95. The fraction of sp³-hybridized carbons (Fsp3) is 0.700. The van der Waals surface area contributed by atoms with Crippen LogP contribution in [-0.2, 0) is 9.53 Å². The normalized spacial score (nSPS) is 12.4. The summed E-state index contributed by atoms with van der Waals surface area (Å²) in [5, 5.41) is 0. The molecular weight excluding hydrogens is 152 g/mol. The highest BCUT2D eigenvalue weighted by Gasteiger charge is 2.13. The molecule has 0 heterocycles. The molecule has 0 amide bonds. The third-order valence-corrected chi connectivity index (χ3v) is 1.56. The Labute approximate surface area is 74.6 Å². The van der Waals surface area contributed by atoms with Gasteiger partial charge in [0, 0.05) is 5.57 Å². The van der Waals surface area contributed by atoms with E-state index in [1.54, 1.807) is 0 Å². The summed E-state index contributed by atoms with van der Waals surface area (Å²) in [5.41, 5.74) is 0.771. The van der Waals surface area contributed by atoms with Crippen LogP contribution in [0.15, 0.2) is 11.6 Å². The fourth-order valence-corrected chi connectivity index (χ4v) is 0.973. The lowest BCUT2D eigenvalue weighted by atomic mass is 9.99. The van der Waals surface area contributed by atoms with Gasteiger partial charge in [0.2, 0.25) is 0 Å². The van der Waals surface area contributed by atoms with Crippen molar-refractivity contribution in [2.75, 3.05) is 7.11 Å². The number of hydrogen-bond acceptors (Lipinski definition) is 2. The molecular formula is C10H18O2. The molecule has 0 aliphatic carbocycles. The molecule has 0 spiro atoms. The Kier molecular flexibility index (Phi) is 4.64. The maximum atomic E-state index is 11.2. The second-order valence-corrected chi connectivity index (χ2v) is 3.51. The summed E-state index contributed by atoms with van der Waals surface area (Å²) in [5.74, 6) is 0.417. The molecule has 0 rings (SSSR count). The van der Waals surface area contributed by atoms with Crippen LogP contribution in [0.5, 0.6) is 0 Å². The minimum absolute atomic E-state index is 0.210. The van der Waals surface area contributed by atoms with Crippen molar-refractivity contribution >= 4 is 5.97 Å².